The van der Waals surface area contributed by atoms with E-state index in [4.69, 9.17) is 10.5 Å². The molecule has 0 aliphatic heterocycles. The van der Waals surface area contributed by atoms with Crippen molar-refractivity contribution in [2.45, 2.75) is 39.4 Å². The lowest BCUT2D eigenvalue weighted by atomic mass is 10.0. The Morgan fingerprint density at radius 1 is 1.47 bits per heavy atom. The Hall–Kier alpha value is -0.930. The molecule has 0 radical (unpaired) electrons. The molecular formula is C12H20N2O. The van der Waals surface area contributed by atoms with E-state index in [9.17, 15) is 0 Å². The van der Waals surface area contributed by atoms with Gasteiger partial charge in [0.25, 0.3) is 0 Å². The van der Waals surface area contributed by atoms with Crippen LogP contribution in [-0.2, 0) is 11.3 Å². The van der Waals surface area contributed by atoms with Crippen LogP contribution in [0.25, 0.3) is 0 Å². The predicted molar refractivity (Wildman–Crippen MR) is 61.5 cm³/mol. The number of nitrogens with two attached hydrogens (primary N) is 1. The van der Waals surface area contributed by atoms with E-state index in [0.29, 0.717) is 13.2 Å². The van der Waals surface area contributed by atoms with E-state index in [1.165, 1.54) is 0 Å². The second-order valence-corrected chi connectivity index (χ2v) is 4.07. The fourth-order valence-electron chi connectivity index (χ4n) is 1.23. The topological polar surface area (TPSA) is 48.1 Å². The summed E-state index contributed by atoms with van der Waals surface area (Å²) >= 11 is 0. The van der Waals surface area contributed by atoms with Gasteiger partial charge in [0.1, 0.15) is 0 Å². The maximum atomic E-state index is 5.78. The molecule has 0 saturated carbocycles. The average molecular weight is 208 g/mol. The number of hydrogen-bond acceptors (Lipinski definition) is 3. The second-order valence-electron chi connectivity index (χ2n) is 4.07. The first kappa shape index (κ1) is 12.1. The summed E-state index contributed by atoms with van der Waals surface area (Å²) in [6.45, 7) is 7.16. The van der Waals surface area contributed by atoms with E-state index in [1.54, 1.807) is 0 Å². The van der Waals surface area contributed by atoms with Crippen molar-refractivity contribution in [3.63, 3.8) is 0 Å². The molecule has 2 N–H and O–H groups in total. The lowest BCUT2D eigenvalue weighted by molar-refractivity contribution is -0.0401. The van der Waals surface area contributed by atoms with Crippen LogP contribution in [0.3, 0.4) is 0 Å². The first-order valence-corrected chi connectivity index (χ1v) is 5.36. The van der Waals surface area contributed by atoms with Crippen LogP contribution >= 0.6 is 0 Å². The Balaban J connectivity index is 2.56. The van der Waals surface area contributed by atoms with Gasteiger partial charge in [-0.25, -0.2) is 0 Å². The molecule has 0 fully saturated rings. The molecule has 0 amide bonds. The first-order valence-electron chi connectivity index (χ1n) is 5.36. The van der Waals surface area contributed by atoms with Crippen molar-refractivity contribution >= 4 is 0 Å². The summed E-state index contributed by atoms with van der Waals surface area (Å²) < 4.78 is 5.78. The molecular weight excluding hydrogens is 188 g/mol. The van der Waals surface area contributed by atoms with Crippen molar-refractivity contribution in [2.75, 3.05) is 6.54 Å². The van der Waals surface area contributed by atoms with Gasteiger partial charge in [0.2, 0.25) is 0 Å². The minimum Gasteiger partial charge on any atom is -0.368 e. The SMILES string of the molecule is CCC(C)(CN)OCc1cccc(C)n1. The third-order valence-electron chi connectivity index (χ3n) is 2.69. The lowest BCUT2D eigenvalue weighted by Crippen LogP contribution is -2.36. The van der Waals surface area contributed by atoms with Crippen molar-refractivity contribution in [1.29, 1.82) is 0 Å². The highest BCUT2D eigenvalue weighted by molar-refractivity contribution is 5.09. The second kappa shape index (κ2) is 5.24. The maximum Gasteiger partial charge on any atom is 0.0896 e. The number of aryl methyl sites for hydroxylation is 1. The summed E-state index contributed by atoms with van der Waals surface area (Å²) in [5.74, 6) is 0. The van der Waals surface area contributed by atoms with Gasteiger partial charge in [-0.15, -0.1) is 0 Å². The van der Waals surface area contributed by atoms with Gasteiger partial charge >= 0.3 is 0 Å². The molecule has 1 heterocycles. The third-order valence-corrected chi connectivity index (χ3v) is 2.69. The molecule has 1 aromatic rings. The molecule has 3 heteroatoms. The minimum atomic E-state index is -0.231. The molecule has 3 nitrogen and oxygen atoms in total. The first-order chi connectivity index (χ1) is 7.09. The van der Waals surface area contributed by atoms with Gasteiger partial charge < -0.3 is 10.5 Å². The van der Waals surface area contributed by atoms with Crippen molar-refractivity contribution in [2.24, 2.45) is 5.73 Å². The fourth-order valence-corrected chi connectivity index (χ4v) is 1.23. The molecule has 0 aromatic carbocycles. The van der Waals surface area contributed by atoms with Crippen molar-refractivity contribution in [1.82, 2.24) is 4.98 Å². The number of hydrogen-bond donors (Lipinski definition) is 1. The summed E-state index contributed by atoms with van der Waals surface area (Å²) in [6.07, 6.45) is 0.912. The van der Waals surface area contributed by atoms with Crippen molar-refractivity contribution in [3.05, 3.63) is 29.6 Å². The zero-order valence-corrected chi connectivity index (χ0v) is 9.79. The standard InChI is InChI=1S/C12H20N2O/c1-4-12(3,9-13)15-8-11-7-5-6-10(2)14-11/h5-7H,4,8-9,13H2,1-3H3. The van der Waals surface area contributed by atoms with Crippen molar-refractivity contribution < 1.29 is 4.74 Å². The average Bonchev–Trinajstić information content (AvgIpc) is 2.26. The minimum absolute atomic E-state index is 0.231. The number of nitrogens with zero attached hydrogens (tertiary/aromatic N) is 1. The molecule has 1 rings (SSSR count). The largest absolute Gasteiger partial charge is 0.368 e. The Bertz CT molecular complexity index is 308. The van der Waals surface area contributed by atoms with Crippen LogP contribution in [0.15, 0.2) is 18.2 Å². The highest BCUT2D eigenvalue weighted by Crippen LogP contribution is 2.15. The molecule has 0 saturated heterocycles. The van der Waals surface area contributed by atoms with Crippen LogP contribution < -0.4 is 5.73 Å². The molecule has 1 atom stereocenters. The van der Waals surface area contributed by atoms with Gasteiger partial charge in [-0.2, -0.15) is 0 Å². The van der Waals surface area contributed by atoms with Gasteiger partial charge in [0.15, 0.2) is 0 Å². The summed E-state index contributed by atoms with van der Waals surface area (Å²) in [4.78, 5) is 4.38. The van der Waals surface area contributed by atoms with Crippen LogP contribution in [0.5, 0.6) is 0 Å². The zero-order valence-electron chi connectivity index (χ0n) is 9.79. The number of aromatic nitrogens is 1. The normalized spacial score (nSPS) is 14.9. The maximum absolute atomic E-state index is 5.78. The highest BCUT2D eigenvalue weighted by Gasteiger charge is 2.20. The van der Waals surface area contributed by atoms with E-state index >= 15 is 0 Å². The van der Waals surface area contributed by atoms with E-state index in [2.05, 4.69) is 11.9 Å². The molecule has 0 aliphatic carbocycles. The quantitative estimate of drug-likeness (QED) is 0.805. The molecule has 0 spiro atoms. The molecule has 0 bridgehead atoms. The zero-order chi connectivity index (χ0) is 11.3. The highest BCUT2D eigenvalue weighted by atomic mass is 16.5. The van der Waals surface area contributed by atoms with E-state index in [0.717, 1.165) is 17.8 Å². The van der Waals surface area contributed by atoms with Gasteiger partial charge in [-0.3, -0.25) is 4.98 Å². The van der Waals surface area contributed by atoms with Gasteiger partial charge in [-0.05, 0) is 32.4 Å². The fraction of sp³-hybridized carbons (Fsp3) is 0.583. The number of pyridine rings is 1. The lowest BCUT2D eigenvalue weighted by Gasteiger charge is -2.26. The number of rotatable bonds is 5. The van der Waals surface area contributed by atoms with Crippen LogP contribution in [-0.4, -0.2) is 17.1 Å². The molecule has 15 heavy (non-hydrogen) atoms. The predicted octanol–water partition coefficient (Wildman–Crippen LogP) is 2.03. The Kier molecular flexibility index (Phi) is 4.24. The molecule has 1 unspecified atom stereocenters. The number of ether oxygens (including phenoxy) is 1. The third kappa shape index (κ3) is 3.61. The Morgan fingerprint density at radius 2 is 2.20 bits per heavy atom. The van der Waals surface area contributed by atoms with Crippen LogP contribution in [0.2, 0.25) is 0 Å². The molecule has 1 aromatic heterocycles. The van der Waals surface area contributed by atoms with Crippen LogP contribution in [0, 0.1) is 6.92 Å². The van der Waals surface area contributed by atoms with Crippen LogP contribution in [0.4, 0.5) is 0 Å². The van der Waals surface area contributed by atoms with E-state index < -0.39 is 0 Å². The van der Waals surface area contributed by atoms with Gasteiger partial charge in [-0.1, -0.05) is 13.0 Å². The van der Waals surface area contributed by atoms with Gasteiger partial charge in [0.05, 0.1) is 17.9 Å². The van der Waals surface area contributed by atoms with E-state index in [1.807, 2.05) is 32.0 Å². The smallest absolute Gasteiger partial charge is 0.0896 e. The van der Waals surface area contributed by atoms with E-state index in [-0.39, 0.29) is 5.60 Å². The Labute approximate surface area is 91.7 Å². The summed E-state index contributed by atoms with van der Waals surface area (Å²) in [5.41, 5.74) is 7.41. The monoisotopic (exact) mass is 208 g/mol. The summed E-state index contributed by atoms with van der Waals surface area (Å²) in [6, 6.07) is 5.94. The molecule has 84 valence electrons. The summed E-state index contributed by atoms with van der Waals surface area (Å²) in [5, 5.41) is 0. The summed E-state index contributed by atoms with van der Waals surface area (Å²) in [7, 11) is 0. The molecule has 0 aliphatic rings. The van der Waals surface area contributed by atoms with Crippen LogP contribution in [0.1, 0.15) is 31.7 Å². The van der Waals surface area contributed by atoms with Crippen molar-refractivity contribution in [3.8, 4) is 0 Å². The van der Waals surface area contributed by atoms with Gasteiger partial charge in [0, 0.05) is 12.2 Å². The Morgan fingerprint density at radius 3 is 2.73 bits per heavy atom.